The third-order valence-corrected chi connectivity index (χ3v) is 6.58. The van der Waals surface area contributed by atoms with Crippen molar-refractivity contribution < 1.29 is 0 Å². The van der Waals surface area contributed by atoms with Crippen LogP contribution in [-0.4, -0.2) is 4.57 Å². The van der Waals surface area contributed by atoms with E-state index in [0.717, 1.165) is 27.8 Å². The van der Waals surface area contributed by atoms with Gasteiger partial charge in [0.1, 0.15) is 0 Å². The van der Waals surface area contributed by atoms with Crippen LogP contribution in [0.1, 0.15) is 11.1 Å². The molecule has 0 aliphatic heterocycles. The van der Waals surface area contributed by atoms with Crippen LogP contribution in [0.5, 0.6) is 0 Å². The van der Waals surface area contributed by atoms with Crippen LogP contribution in [-0.2, 0) is 0 Å². The summed E-state index contributed by atoms with van der Waals surface area (Å²) >= 11 is 0. The van der Waals surface area contributed by atoms with Crippen LogP contribution in [0.3, 0.4) is 0 Å². The van der Waals surface area contributed by atoms with Crippen molar-refractivity contribution in [3.8, 4) is 34.0 Å². The molecule has 6 rings (SSSR count). The molecule has 0 saturated heterocycles. The third-order valence-electron chi connectivity index (χ3n) is 6.58. The Bertz CT molecular complexity index is 1720. The maximum Gasteiger partial charge on any atom is 0.0991 e. The second-order valence-corrected chi connectivity index (χ2v) is 8.61. The predicted molar refractivity (Wildman–Crippen MR) is 141 cm³/mol. The van der Waals surface area contributed by atoms with Crippen LogP contribution >= 0.6 is 0 Å². The molecule has 0 spiro atoms. The van der Waals surface area contributed by atoms with Crippen molar-refractivity contribution in [1.29, 1.82) is 5.26 Å². The van der Waals surface area contributed by atoms with Gasteiger partial charge in [0.05, 0.1) is 28.4 Å². The van der Waals surface area contributed by atoms with Gasteiger partial charge >= 0.3 is 0 Å². The molecule has 0 amide bonds. The minimum absolute atomic E-state index is 0.658. The fraction of sp³-hybridized carbons (Fsp3) is 0.0312. The minimum Gasteiger partial charge on any atom is -0.309 e. The summed E-state index contributed by atoms with van der Waals surface area (Å²) in [7, 11) is 0. The highest BCUT2D eigenvalue weighted by Crippen LogP contribution is 2.38. The van der Waals surface area contributed by atoms with Crippen molar-refractivity contribution >= 4 is 21.8 Å². The van der Waals surface area contributed by atoms with Crippen LogP contribution in [0.4, 0.5) is 0 Å². The van der Waals surface area contributed by atoms with E-state index in [1.54, 1.807) is 0 Å². The van der Waals surface area contributed by atoms with Gasteiger partial charge in [-0.25, -0.2) is 0 Å². The van der Waals surface area contributed by atoms with Gasteiger partial charge in [-0.3, -0.25) is 0 Å². The van der Waals surface area contributed by atoms with Crippen LogP contribution in [0.25, 0.3) is 49.7 Å². The quantitative estimate of drug-likeness (QED) is 0.275. The average Bonchev–Trinajstić information content (AvgIpc) is 3.22. The second kappa shape index (κ2) is 8.06. The van der Waals surface area contributed by atoms with Gasteiger partial charge in [0, 0.05) is 16.3 Å². The molecule has 1 heterocycles. The Morgan fingerprint density at radius 2 is 1.32 bits per heavy atom. The SMILES string of the molecule is Cc1ccccc1-c1ccc2c(c1)c1ccccc1n2-c1ccc(C#N)cc1-c1ccccc1. The Labute approximate surface area is 199 Å². The number of hydrogen-bond acceptors (Lipinski definition) is 1. The Balaban J connectivity index is 1.68. The lowest BCUT2D eigenvalue weighted by molar-refractivity contribution is 1.18. The molecule has 0 aliphatic rings. The molecule has 2 heteroatoms. The molecule has 5 aromatic carbocycles. The number of hydrogen-bond donors (Lipinski definition) is 0. The van der Waals surface area contributed by atoms with Gasteiger partial charge < -0.3 is 4.57 Å². The van der Waals surface area contributed by atoms with Gasteiger partial charge in [0.2, 0.25) is 0 Å². The number of nitrogens with zero attached hydrogens (tertiary/aromatic N) is 2. The van der Waals surface area contributed by atoms with Gasteiger partial charge in [-0.1, -0.05) is 78.9 Å². The fourth-order valence-electron chi connectivity index (χ4n) is 4.95. The van der Waals surface area contributed by atoms with Gasteiger partial charge in [-0.15, -0.1) is 0 Å². The third kappa shape index (κ3) is 3.18. The number of aromatic nitrogens is 1. The summed E-state index contributed by atoms with van der Waals surface area (Å²) in [6.07, 6.45) is 0. The highest BCUT2D eigenvalue weighted by atomic mass is 15.0. The second-order valence-electron chi connectivity index (χ2n) is 8.61. The number of benzene rings is 5. The van der Waals surface area contributed by atoms with Crippen molar-refractivity contribution in [2.24, 2.45) is 0 Å². The zero-order valence-corrected chi connectivity index (χ0v) is 18.9. The van der Waals surface area contributed by atoms with Crippen molar-refractivity contribution in [2.75, 3.05) is 0 Å². The molecule has 2 nitrogen and oxygen atoms in total. The lowest BCUT2D eigenvalue weighted by atomic mass is 9.99. The largest absolute Gasteiger partial charge is 0.309 e. The van der Waals surface area contributed by atoms with Gasteiger partial charge in [0.25, 0.3) is 0 Å². The molecule has 0 N–H and O–H groups in total. The van der Waals surface area contributed by atoms with Crippen LogP contribution in [0.15, 0.2) is 115 Å². The molecule has 34 heavy (non-hydrogen) atoms. The van der Waals surface area contributed by atoms with Gasteiger partial charge in [-0.2, -0.15) is 5.26 Å². The van der Waals surface area contributed by atoms with E-state index in [2.05, 4.69) is 102 Å². The van der Waals surface area contributed by atoms with E-state index < -0.39 is 0 Å². The monoisotopic (exact) mass is 434 g/mol. The lowest BCUT2D eigenvalue weighted by Crippen LogP contribution is -1.98. The minimum atomic E-state index is 0.658. The van der Waals surface area contributed by atoms with Crippen molar-refractivity contribution in [3.63, 3.8) is 0 Å². The molecule has 0 atom stereocenters. The summed E-state index contributed by atoms with van der Waals surface area (Å²) in [6, 6.07) is 42.4. The normalized spacial score (nSPS) is 11.1. The molecule has 0 fully saturated rings. The highest BCUT2D eigenvalue weighted by Gasteiger charge is 2.17. The van der Waals surface area contributed by atoms with E-state index in [0.29, 0.717) is 5.56 Å². The van der Waals surface area contributed by atoms with E-state index in [4.69, 9.17) is 0 Å². The van der Waals surface area contributed by atoms with E-state index in [1.165, 1.54) is 27.5 Å². The summed E-state index contributed by atoms with van der Waals surface area (Å²) in [5.74, 6) is 0. The Hall–Kier alpha value is -4.61. The van der Waals surface area contributed by atoms with Crippen LogP contribution < -0.4 is 0 Å². The van der Waals surface area contributed by atoms with E-state index in [9.17, 15) is 5.26 Å². The lowest BCUT2D eigenvalue weighted by Gasteiger charge is -2.15. The zero-order valence-electron chi connectivity index (χ0n) is 18.9. The molecular formula is C32H22N2. The molecule has 160 valence electrons. The maximum atomic E-state index is 9.58. The number of aryl methyl sites for hydroxylation is 1. The molecule has 1 aromatic heterocycles. The molecule has 6 aromatic rings. The summed E-state index contributed by atoms with van der Waals surface area (Å²) in [4.78, 5) is 0. The van der Waals surface area contributed by atoms with Crippen LogP contribution in [0.2, 0.25) is 0 Å². The topological polar surface area (TPSA) is 28.7 Å². The Morgan fingerprint density at radius 1 is 0.588 bits per heavy atom. The standard InChI is InChI=1S/C32H22N2/c1-22-9-5-6-12-26(22)25-16-18-32-29(20-25)27-13-7-8-14-30(27)34(32)31-17-15-23(21-33)19-28(31)24-10-3-2-4-11-24/h2-20H,1H3. The first-order valence-electron chi connectivity index (χ1n) is 11.4. The Kier molecular flexibility index (Phi) is 4.75. The summed E-state index contributed by atoms with van der Waals surface area (Å²) in [5.41, 5.74) is 9.92. The van der Waals surface area contributed by atoms with Gasteiger partial charge in [0.15, 0.2) is 0 Å². The molecule has 0 radical (unpaired) electrons. The number of nitriles is 1. The number of rotatable bonds is 3. The molecule has 0 unspecified atom stereocenters. The van der Waals surface area contributed by atoms with Crippen molar-refractivity contribution in [1.82, 2.24) is 4.57 Å². The highest BCUT2D eigenvalue weighted by molar-refractivity contribution is 6.11. The molecule has 0 aliphatic carbocycles. The summed E-state index contributed by atoms with van der Waals surface area (Å²) in [5, 5.41) is 12.0. The average molecular weight is 435 g/mol. The first-order valence-corrected chi connectivity index (χ1v) is 11.4. The van der Waals surface area contributed by atoms with Crippen molar-refractivity contribution in [3.05, 3.63) is 126 Å². The zero-order chi connectivity index (χ0) is 23.1. The number of fused-ring (bicyclic) bond motifs is 3. The molecular weight excluding hydrogens is 412 g/mol. The first-order chi connectivity index (χ1) is 16.7. The van der Waals surface area contributed by atoms with Crippen LogP contribution in [0, 0.1) is 18.3 Å². The Morgan fingerprint density at radius 3 is 2.15 bits per heavy atom. The fourth-order valence-corrected chi connectivity index (χ4v) is 4.95. The van der Waals surface area contributed by atoms with E-state index >= 15 is 0 Å². The van der Waals surface area contributed by atoms with Crippen molar-refractivity contribution in [2.45, 2.75) is 6.92 Å². The summed E-state index contributed by atoms with van der Waals surface area (Å²) in [6.45, 7) is 2.16. The predicted octanol–water partition coefficient (Wildman–Crippen LogP) is 8.30. The first kappa shape index (κ1) is 20.0. The van der Waals surface area contributed by atoms with E-state index in [-0.39, 0.29) is 0 Å². The van der Waals surface area contributed by atoms with E-state index in [1.807, 2.05) is 30.3 Å². The maximum absolute atomic E-state index is 9.58. The number of para-hydroxylation sites is 1. The molecule has 0 saturated carbocycles. The van der Waals surface area contributed by atoms with Gasteiger partial charge in [-0.05, 0) is 65.6 Å². The smallest absolute Gasteiger partial charge is 0.0991 e. The summed E-state index contributed by atoms with van der Waals surface area (Å²) < 4.78 is 2.33. The molecule has 0 bridgehead atoms.